The van der Waals surface area contributed by atoms with Crippen molar-refractivity contribution in [1.82, 2.24) is 14.6 Å². The molecule has 0 atom stereocenters. The topological polar surface area (TPSA) is 74.3 Å². The van der Waals surface area contributed by atoms with Gasteiger partial charge in [0.15, 0.2) is 0 Å². The number of pyridine rings is 1. The number of hydrogen-bond donors (Lipinski definition) is 2. The minimum absolute atomic E-state index is 0.0707. The van der Waals surface area contributed by atoms with Gasteiger partial charge in [-0.3, -0.25) is 0 Å². The van der Waals surface area contributed by atoms with Gasteiger partial charge in [0.25, 0.3) is 0 Å². The van der Waals surface area contributed by atoms with Crippen LogP contribution in [0.2, 0.25) is 5.02 Å². The van der Waals surface area contributed by atoms with Crippen molar-refractivity contribution in [3.05, 3.63) is 17.3 Å². The molecule has 1 aromatic rings. The summed E-state index contributed by atoms with van der Waals surface area (Å²) in [7, 11) is 2.00. The lowest BCUT2D eigenvalue weighted by Crippen LogP contribution is -2.27. The van der Waals surface area contributed by atoms with Crippen molar-refractivity contribution in [1.29, 1.82) is 0 Å². The monoisotopic (exact) mass is 306 g/mol. The Balaban J connectivity index is 2.69. The molecule has 0 bridgehead atoms. The fourth-order valence-corrected chi connectivity index (χ4v) is 2.81. The zero-order chi connectivity index (χ0) is 14.5. The Morgan fingerprint density at radius 3 is 2.63 bits per heavy atom. The summed E-state index contributed by atoms with van der Waals surface area (Å²) >= 11 is 5.91. The average Bonchev–Trinajstić information content (AvgIpc) is 2.34. The highest BCUT2D eigenvalue weighted by Crippen LogP contribution is 2.21. The molecule has 6 nitrogen and oxygen atoms in total. The van der Waals surface area contributed by atoms with Crippen molar-refractivity contribution in [3.8, 4) is 0 Å². The minimum Gasteiger partial charge on any atom is -0.372 e. The van der Waals surface area contributed by atoms with Gasteiger partial charge < -0.3 is 10.2 Å². The lowest BCUT2D eigenvalue weighted by Gasteiger charge is -2.11. The molecule has 19 heavy (non-hydrogen) atoms. The third kappa shape index (κ3) is 4.94. The molecule has 0 fully saturated rings. The Labute approximate surface area is 119 Å². The van der Waals surface area contributed by atoms with Crippen LogP contribution < -0.4 is 10.0 Å². The van der Waals surface area contributed by atoms with E-state index >= 15 is 0 Å². The molecule has 0 amide bonds. The summed E-state index contributed by atoms with van der Waals surface area (Å²) in [6, 6.07) is 1.38. The second-order valence-electron chi connectivity index (χ2n) is 4.31. The summed E-state index contributed by atoms with van der Waals surface area (Å²) in [4.78, 5) is 6.01. The van der Waals surface area contributed by atoms with Gasteiger partial charge in [0.05, 0.1) is 5.02 Å². The van der Waals surface area contributed by atoms with Crippen LogP contribution in [0.15, 0.2) is 17.2 Å². The van der Waals surface area contributed by atoms with E-state index in [2.05, 4.69) is 15.0 Å². The summed E-state index contributed by atoms with van der Waals surface area (Å²) in [6.45, 7) is 1.20. The maximum atomic E-state index is 12.0. The van der Waals surface area contributed by atoms with Gasteiger partial charge >= 0.3 is 0 Å². The second-order valence-corrected chi connectivity index (χ2v) is 6.48. The molecule has 1 rings (SSSR count). The zero-order valence-electron chi connectivity index (χ0n) is 11.3. The van der Waals surface area contributed by atoms with Crippen molar-refractivity contribution >= 4 is 27.4 Å². The van der Waals surface area contributed by atoms with E-state index in [-0.39, 0.29) is 9.92 Å². The molecule has 1 aromatic heterocycles. The lowest BCUT2D eigenvalue weighted by atomic mass is 10.4. The van der Waals surface area contributed by atoms with Crippen LogP contribution in [0.3, 0.4) is 0 Å². The normalized spacial score (nSPS) is 11.8. The van der Waals surface area contributed by atoms with E-state index in [4.69, 9.17) is 11.6 Å². The molecular weight excluding hydrogens is 288 g/mol. The van der Waals surface area contributed by atoms with Crippen molar-refractivity contribution in [2.24, 2.45) is 0 Å². The standard InChI is InChI=1S/C11H19ClN4O2S/c1-13-11-10(12)7-9(8-14-11)19(17,18)15-5-4-6-16(2)3/h7-8,15H,4-6H2,1-3H3,(H,13,14). The smallest absolute Gasteiger partial charge is 0.242 e. The van der Waals surface area contributed by atoms with Crippen LogP contribution in [-0.2, 0) is 10.0 Å². The summed E-state index contributed by atoms with van der Waals surface area (Å²) in [6.07, 6.45) is 2.02. The van der Waals surface area contributed by atoms with Crippen molar-refractivity contribution in [2.75, 3.05) is 39.5 Å². The maximum absolute atomic E-state index is 12.0. The van der Waals surface area contributed by atoms with Crippen LogP contribution in [0.4, 0.5) is 5.82 Å². The van der Waals surface area contributed by atoms with Crippen LogP contribution in [0.5, 0.6) is 0 Å². The molecule has 0 aliphatic carbocycles. The van der Waals surface area contributed by atoms with E-state index in [9.17, 15) is 8.42 Å². The first-order valence-electron chi connectivity index (χ1n) is 5.84. The summed E-state index contributed by atoms with van der Waals surface area (Å²) in [5.41, 5.74) is 0. The van der Waals surface area contributed by atoms with Crippen LogP contribution in [-0.4, -0.2) is 52.5 Å². The van der Waals surface area contributed by atoms with Gasteiger partial charge in [0.2, 0.25) is 10.0 Å². The predicted octanol–water partition coefficient (Wildman–Crippen LogP) is 1.01. The number of halogens is 1. The van der Waals surface area contributed by atoms with Crippen LogP contribution in [0.25, 0.3) is 0 Å². The van der Waals surface area contributed by atoms with Gasteiger partial charge in [-0.25, -0.2) is 18.1 Å². The van der Waals surface area contributed by atoms with Crippen molar-refractivity contribution < 1.29 is 8.42 Å². The Hall–Kier alpha value is -0.890. The third-order valence-electron chi connectivity index (χ3n) is 2.44. The van der Waals surface area contributed by atoms with Gasteiger partial charge in [-0.1, -0.05) is 11.6 Å². The van der Waals surface area contributed by atoms with Gasteiger partial charge in [-0.05, 0) is 33.1 Å². The van der Waals surface area contributed by atoms with E-state index < -0.39 is 10.0 Å². The molecule has 2 N–H and O–H groups in total. The van der Waals surface area contributed by atoms with Gasteiger partial charge in [0.1, 0.15) is 10.7 Å². The van der Waals surface area contributed by atoms with Gasteiger partial charge in [0, 0.05) is 19.8 Å². The number of sulfonamides is 1. The van der Waals surface area contributed by atoms with Crippen molar-refractivity contribution in [3.63, 3.8) is 0 Å². The fourth-order valence-electron chi connectivity index (χ4n) is 1.44. The molecule has 0 unspecified atom stereocenters. The van der Waals surface area contributed by atoms with Crippen molar-refractivity contribution in [2.45, 2.75) is 11.3 Å². The summed E-state index contributed by atoms with van der Waals surface area (Å²) < 4.78 is 26.5. The number of aromatic nitrogens is 1. The first-order chi connectivity index (χ1) is 8.86. The van der Waals surface area contributed by atoms with Crippen LogP contribution in [0, 0.1) is 0 Å². The van der Waals surface area contributed by atoms with Crippen LogP contribution >= 0.6 is 11.6 Å². The largest absolute Gasteiger partial charge is 0.372 e. The number of rotatable bonds is 7. The summed E-state index contributed by atoms with van der Waals surface area (Å²) in [5, 5.41) is 3.05. The summed E-state index contributed by atoms with van der Waals surface area (Å²) in [5.74, 6) is 0.452. The molecule has 0 aliphatic rings. The lowest BCUT2D eigenvalue weighted by molar-refractivity contribution is 0.400. The predicted molar refractivity (Wildman–Crippen MR) is 77.2 cm³/mol. The molecule has 0 saturated heterocycles. The molecule has 108 valence electrons. The second kappa shape index (κ2) is 7.04. The Morgan fingerprint density at radius 2 is 2.11 bits per heavy atom. The third-order valence-corrected chi connectivity index (χ3v) is 4.15. The molecule has 8 heteroatoms. The average molecular weight is 307 g/mol. The van der Waals surface area contributed by atoms with Gasteiger partial charge in [-0.2, -0.15) is 0 Å². The first-order valence-corrected chi connectivity index (χ1v) is 7.70. The van der Waals surface area contributed by atoms with E-state index in [1.54, 1.807) is 7.05 Å². The van der Waals surface area contributed by atoms with Crippen LogP contribution in [0.1, 0.15) is 6.42 Å². The van der Waals surface area contributed by atoms with E-state index in [0.29, 0.717) is 12.4 Å². The van der Waals surface area contributed by atoms with E-state index in [1.165, 1.54) is 12.3 Å². The molecule has 0 aliphatic heterocycles. The highest BCUT2D eigenvalue weighted by atomic mass is 35.5. The molecule has 0 spiro atoms. The Bertz CT molecular complexity index is 519. The minimum atomic E-state index is -3.55. The number of hydrogen-bond acceptors (Lipinski definition) is 5. The molecule has 1 heterocycles. The number of nitrogens with zero attached hydrogens (tertiary/aromatic N) is 2. The number of nitrogens with one attached hydrogen (secondary N) is 2. The fraction of sp³-hybridized carbons (Fsp3) is 0.545. The zero-order valence-corrected chi connectivity index (χ0v) is 12.8. The molecular formula is C11H19ClN4O2S. The van der Waals surface area contributed by atoms with E-state index in [0.717, 1.165) is 13.0 Å². The SMILES string of the molecule is CNc1ncc(S(=O)(=O)NCCCN(C)C)cc1Cl. The highest BCUT2D eigenvalue weighted by molar-refractivity contribution is 7.89. The molecule has 0 radical (unpaired) electrons. The quantitative estimate of drug-likeness (QED) is 0.735. The molecule has 0 aromatic carbocycles. The Kier molecular flexibility index (Phi) is 5.99. The van der Waals surface area contributed by atoms with E-state index in [1.807, 2.05) is 19.0 Å². The Morgan fingerprint density at radius 1 is 1.42 bits per heavy atom. The first kappa shape index (κ1) is 16.2. The van der Waals surface area contributed by atoms with Gasteiger partial charge in [-0.15, -0.1) is 0 Å². The number of anilines is 1. The highest BCUT2D eigenvalue weighted by Gasteiger charge is 2.15. The maximum Gasteiger partial charge on any atom is 0.242 e. The molecule has 0 saturated carbocycles.